The minimum Gasteiger partial charge on any atom is -0.264 e. The molecule has 2 aliphatic rings. The summed E-state index contributed by atoms with van der Waals surface area (Å²) in [7, 11) is 0. The molecule has 0 radical (unpaired) electrons. The summed E-state index contributed by atoms with van der Waals surface area (Å²) in [6, 6.07) is 15.7. The maximum atomic E-state index is 11.1. The van der Waals surface area contributed by atoms with Gasteiger partial charge in [-0.05, 0) is 22.3 Å². The lowest BCUT2D eigenvalue weighted by atomic mass is 9.93. The number of nitro groups is 1. The second kappa shape index (κ2) is 2.99. The fourth-order valence-corrected chi connectivity index (χ4v) is 3.44. The van der Waals surface area contributed by atoms with Crippen LogP contribution in [-0.4, -0.2) is 11.0 Å². The van der Waals surface area contributed by atoms with Gasteiger partial charge in [0.25, 0.3) is 0 Å². The molecule has 3 heteroatoms. The zero-order valence-electron chi connectivity index (χ0n) is 9.67. The highest BCUT2D eigenvalue weighted by atomic mass is 16.6. The van der Waals surface area contributed by atoms with Crippen LogP contribution in [0.4, 0.5) is 0 Å². The molecule has 1 atom stereocenters. The Balaban J connectivity index is 2.03. The van der Waals surface area contributed by atoms with Crippen LogP contribution in [0, 0.1) is 10.1 Å². The molecular formula is C15H11NO2. The largest absolute Gasteiger partial charge is 0.264 e. The summed E-state index contributed by atoms with van der Waals surface area (Å²) < 4.78 is 0. The normalized spacial score (nSPS) is 21.4. The van der Waals surface area contributed by atoms with Gasteiger partial charge in [0.05, 0.1) is 5.41 Å². The molecule has 0 saturated heterocycles. The van der Waals surface area contributed by atoms with E-state index >= 15 is 0 Å². The van der Waals surface area contributed by atoms with Crippen molar-refractivity contribution in [3.05, 3.63) is 69.8 Å². The van der Waals surface area contributed by atoms with Crippen molar-refractivity contribution >= 4 is 0 Å². The standard InChI is InChI=1S/C15H11NO2/c17-16(18)14-9-15(14)12-7-3-1-5-10(12)11-6-2-4-8-13(11)15/h1-8,14H,9H2/t14-/m0/s1. The van der Waals surface area contributed by atoms with Gasteiger partial charge in [0.1, 0.15) is 0 Å². The number of hydrogen-bond acceptors (Lipinski definition) is 2. The summed E-state index contributed by atoms with van der Waals surface area (Å²) in [5.74, 6) is 0. The molecule has 0 heterocycles. The fraction of sp³-hybridized carbons (Fsp3) is 0.200. The maximum absolute atomic E-state index is 11.1. The van der Waals surface area contributed by atoms with Gasteiger partial charge in [0.2, 0.25) is 6.04 Å². The highest BCUT2D eigenvalue weighted by molar-refractivity contribution is 5.83. The topological polar surface area (TPSA) is 43.1 Å². The third kappa shape index (κ3) is 0.957. The Morgan fingerprint density at radius 2 is 1.50 bits per heavy atom. The molecule has 0 N–H and O–H groups in total. The van der Waals surface area contributed by atoms with E-state index in [1.165, 1.54) is 0 Å². The Morgan fingerprint density at radius 1 is 1.00 bits per heavy atom. The molecule has 0 amide bonds. The van der Waals surface area contributed by atoms with E-state index in [9.17, 15) is 10.1 Å². The molecule has 3 nitrogen and oxygen atoms in total. The van der Waals surface area contributed by atoms with E-state index in [2.05, 4.69) is 12.1 Å². The Kier molecular flexibility index (Phi) is 1.63. The molecule has 0 aliphatic heterocycles. The molecule has 1 spiro atoms. The van der Waals surface area contributed by atoms with Crippen molar-refractivity contribution in [1.82, 2.24) is 0 Å². The van der Waals surface area contributed by atoms with Crippen LogP contribution in [0.3, 0.4) is 0 Å². The monoisotopic (exact) mass is 237 g/mol. The van der Waals surface area contributed by atoms with Crippen LogP contribution in [-0.2, 0) is 5.41 Å². The zero-order valence-corrected chi connectivity index (χ0v) is 9.67. The molecule has 0 aromatic heterocycles. The van der Waals surface area contributed by atoms with Gasteiger partial charge in [-0.1, -0.05) is 48.5 Å². The molecule has 2 aliphatic carbocycles. The molecule has 2 aromatic carbocycles. The first-order valence-electron chi connectivity index (χ1n) is 6.08. The molecule has 2 aromatic rings. The van der Waals surface area contributed by atoms with Gasteiger partial charge in [-0.2, -0.15) is 0 Å². The summed E-state index contributed by atoms with van der Waals surface area (Å²) in [6.45, 7) is 0. The van der Waals surface area contributed by atoms with E-state index in [0.29, 0.717) is 6.42 Å². The lowest BCUT2D eigenvalue weighted by molar-refractivity contribution is -0.498. The zero-order chi connectivity index (χ0) is 12.3. The molecule has 0 bridgehead atoms. The van der Waals surface area contributed by atoms with E-state index in [1.54, 1.807) is 0 Å². The summed E-state index contributed by atoms with van der Waals surface area (Å²) in [5.41, 5.74) is 4.24. The maximum Gasteiger partial charge on any atom is 0.228 e. The van der Waals surface area contributed by atoms with Crippen molar-refractivity contribution in [3.8, 4) is 11.1 Å². The van der Waals surface area contributed by atoms with E-state index < -0.39 is 6.04 Å². The van der Waals surface area contributed by atoms with Crippen LogP contribution in [0.5, 0.6) is 0 Å². The molecule has 4 rings (SSSR count). The number of rotatable bonds is 1. The van der Waals surface area contributed by atoms with Crippen molar-refractivity contribution in [2.45, 2.75) is 17.9 Å². The molecular weight excluding hydrogens is 226 g/mol. The molecule has 0 unspecified atom stereocenters. The highest BCUT2D eigenvalue weighted by Gasteiger charge is 2.69. The van der Waals surface area contributed by atoms with Gasteiger partial charge in [-0.15, -0.1) is 0 Å². The van der Waals surface area contributed by atoms with Crippen LogP contribution >= 0.6 is 0 Å². The summed E-state index contributed by atoms with van der Waals surface area (Å²) in [5, 5.41) is 11.1. The lowest BCUT2D eigenvalue weighted by Crippen LogP contribution is -2.17. The predicted octanol–water partition coefficient (Wildman–Crippen LogP) is 3.00. The quantitative estimate of drug-likeness (QED) is 0.565. The number of hydrogen-bond donors (Lipinski definition) is 0. The summed E-state index contributed by atoms with van der Waals surface area (Å²) in [4.78, 5) is 11.0. The molecule has 18 heavy (non-hydrogen) atoms. The lowest BCUT2D eigenvalue weighted by Gasteiger charge is -2.09. The number of fused-ring (bicyclic) bond motifs is 5. The summed E-state index contributed by atoms with van der Waals surface area (Å²) >= 11 is 0. The number of benzene rings is 2. The third-order valence-corrected chi connectivity index (χ3v) is 4.28. The highest BCUT2D eigenvalue weighted by Crippen LogP contribution is 2.63. The second-order valence-electron chi connectivity index (χ2n) is 5.07. The van der Waals surface area contributed by atoms with E-state index in [-0.39, 0.29) is 10.3 Å². The Morgan fingerprint density at radius 3 is 1.94 bits per heavy atom. The first-order valence-corrected chi connectivity index (χ1v) is 6.08. The smallest absolute Gasteiger partial charge is 0.228 e. The predicted molar refractivity (Wildman–Crippen MR) is 68.1 cm³/mol. The first kappa shape index (κ1) is 9.83. The van der Waals surface area contributed by atoms with E-state index in [0.717, 1.165) is 22.3 Å². The SMILES string of the molecule is O=[N+]([O-])[C@H]1CC12c1ccccc1-c1ccccc12. The van der Waals surface area contributed by atoms with E-state index in [1.807, 2.05) is 36.4 Å². The third-order valence-electron chi connectivity index (χ3n) is 4.28. The average molecular weight is 237 g/mol. The van der Waals surface area contributed by atoms with Gasteiger partial charge in [-0.25, -0.2) is 0 Å². The van der Waals surface area contributed by atoms with Gasteiger partial charge >= 0.3 is 0 Å². The molecule has 1 fully saturated rings. The second-order valence-corrected chi connectivity index (χ2v) is 5.07. The fourth-order valence-electron chi connectivity index (χ4n) is 3.44. The Labute approximate surface area is 104 Å². The molecule has 88 valence electrons. The Hall–Kier alpha value is -2.16. The first-order chi connectivity index (χ1) is 8.75. The number of nitrogens with zero attached hydrogens (tertiary/aromatic N) is 1. The van der Waals surface area contributed by atoms with Crippen LogP contribution in [0.15, 0.2) is 48.5 Å². The van der Waals surface area contributed by atoms with Crippen LogP contribution in [0.2, 0.25) is 0 Å². The van der Waals surface area contributed by atoms with Crippen LogP contribution < -0.4 is 0 Å². The van der Waals surface area contributed by atoms with Gasteiger partial charge in [0.15, 0.2) is 0 Å². The van der Waals surface area contributed by atoms with Crippen molar-refractivity contribution in [3.63, 3.8) is 0 Å². The van der Waals surface area contributed by atoms with Crippen molar-refractivity contribution < 1.29 is 4.92 Å². The minimum atomic E-state index is -0.456. The molecule has 1 saturated carbocycles. The van der Waals surface area contributed by atoms with Crippen molar-refractivity contribution in [1.29, 1.82) is 0 Å². The van der Waals surface area contributed by atoms with Gasteiger partial charge in [0, 0.05) is 11.3 Å². The average Bonchev–Trinajstić information content (AvgIpc) is 3.09. The van der Waals surface area contributed by atoms with Crippen LogP contribution in [0.25, 0.3) is 11.1 Å². The van der Waals surface area contributed by atoms with Crippen molar-refractivity contribution in [2.75, 3.05) is 0 Å². The van der Waals surface area contributed by atoms with Gasteiger partial charge in [-0.3, -0.25) is 10.1 Å². The van der Waals surface area contributed by atoms with Crippen LogP contribution in [0.1, 0.15) is 17.5 Å². The van der Waals surface area contributed by atoms with Crippen molar-refractivity contribution in [2.24, 2.45) is 0 Å². The Bertz CT molecular complexity index is 632. The van der Waals surface area contributed by atoms with E-state index in [4.69, 9.17) is 0 Å². The van der Waals surface area contributed by atoms with Gasteiger partial charge < -0.3 is 0 Å². The summed E-state index contributed by atoms with van der Waals surface area (Å²) in [6.07, 6.45) is 0.633. The minimum absolute atomic E-state index is 0.126.